The van der Waals surface area contributed by atoms with Crippen LogP contribution in [-0.4, -0.2) is 49.9 Å². The highest BCUT2D eigenvalue weighted by molar-refractivity contribution is 5.64. The highest BCUT2D eigenvalue weighted by atomic mass is 16.5. The molecule has 4 rings (SSSR count). The molecule has 1 fully saturated rings. The number of aryl methyl sites for hydroxylation is 2. The van der Waals surface area contributed by atoms with Crippen LogP contribution < -0.4 is 21.6 Å². The van der Waals surface area contributed by atoms with Gasteiger partial charge in [-0.15, -0.1) is 9.90 Å². The third-order valence-electron chi connectivity index (χ3n) is 6.05. The van der Waals surface area contributed by atoms with Crippen molar-refractivity contribution in [1.29, 1.82) is 0 Å². The predicted octanol–water partition coefficient (Wildman–Crippen LogP) is 2.93. The lowest BCUT2D eigenvalue weighted by molar-refractivity contribution is 0.153. The van der Waals surface area contributed by atoms with Gasteiger partial charge in [0.2, 0.25) is 0 Å². The van der Waals surface area contributed by atoms with Gasteiger partial charge >= 0.3 is 0 Å². The lowest BCUT2D eigenvalue weighted by Crippen LogP contribution is -2.32. The molecular weight excluding hydrogens is 430 g/mol. The molecule has 10 heteroatoms. The molecule has 1 aliphatic rings. The first-order valence-corrected chi connectivity index (χ1v) is 11.6. The van der Waals surface area contributed by atoms with Gasteiger partial charge in [-0.25, -0.2) is 10.8 Å². The van der Waals surface area contributed by atoms with Crippen LogP contribution in [0, 0.1) is 13.8 Å². The number of hydrogen-bond donors (Lipinski definition) is 3. The number of aromatic nitrogens is 5. The van der Waals surface area contributed by atoms with E-state index in [0.717, 1.165) is 35.5 Å². The van der Waals surface area contributed by atoms with Crippen LogP contribution in [-0.2, 0) is 0 Å². The minimum atomic E-state index is 0.267. The first kappa shape index (κ1) is 23.5. The molecule has 1 saturated carbocycles. The second-order valence-electron chi connectivity index (χ2n) is 8.67. The maximum Gasteiger partial charge on any atom is 0.264 e. The average Bonchev–Trinajstić information content (AvgIpc) is 3.30. The Labute approximate surface area is 200 Å². The SMILES string of the molecule is Cc1ccccc1-n1nnc(NC/C(=C(/N)c2ccc(OC3CCCCC3)c(C)n2)N(C)N)n1. The van der Waals surface area contributed by atoms with Gasteiger partial charge in [-0.05, 0) is 68.5 Å². The number of ether oxygens (including phenoxy) is 1. The molecule has 0 bridgehead atoms. The van der Waals surface area contributed by atoms with E-state index in [-0.39, 0.29) is 6.10 Å². The second-order valence-corrected chi connectivity index (χ2v) is 8.67. The third kappa shape index (κ3) is 5.45. The van der Waals surface area contributed by atoms with Gasteiger partial charge < -0.3 is 20.8 Å². The molecule has 0 saturated heterocycles. The number of hydrazine groups is 1. The zero-order chi connectivity index (χ0) is 24.1. The number of nitrogens with zero attached hydrogens (tertiary/aromatic N) is 6. The Hall–Kier alpha value is -3.66. The Bertz CT molecular complexity index is 1150. The molecule has 0 aliphatic heterocycles. The number of tetrazole rings is 1. The third-order valence-corrected chi connectivity index (χ3v) is 6.05. The maximum atomic E-state index is 6.48. The lowest BCUT2D eigenvalue weighted by Gasteiger charge is -2.24. The van der Waals surface area contributed by atoms with E-state index in [2.05, 4.69) is 25.7 Å². The minimum absolute atomic E-state index is 0.267. The number of rotatable bonds is 8. The summed E-state index contributed by atoms with van der Waals surface area (Å²) in [6.07, 6.45) is 6.19. The number of nitrogens with two attached hydrogens (primary N) is 2. The fraction of sp³-hybridized carbons (Fsp3) is 0.417. The Balaban J connectivity index is 1.48. The fourth-order valence-corrected chi connectivity index (χ4v) is 4.08. The van der Waals surface area contributed by atoms with Gasteiger partial charge in [-0.1, -0.05) is 29.7 Å². The topological polar surface area (TPSA) is 133 Å². The molecule has 0 radical (unpaired) electrons. The zero-order valence-corrected chi connectivity index (χ0v) is 20.0. The van der Waals surface area contributed by atoms with E-state index in [4.69, 9.17) is 16.3 Å². The van der Waals surface area contributed by atoms with Gasteiger partial charge in [0.1, 0.15) is 5.75 Å². The van der Waals surface area contributed by atoms with Crippen molar-refractivity contribution in [3.63, 3.8) is 0 Å². The van der Waals surface area contributed by atoms with Gasteiger partial charge in [0, 0.05) is 7.05 Å². The van der Waals surface area contributed by atoms with Crippen LogP contribution in [0.15, 0.2) is 42.1 Å². The highest BCUT2D eigenvalue weighted by Crippen LogP contribution is 2.26. The molecule has 1 aromatic carbocycles. The molecule has 3 aromatic rings. The Morgan fingerprint density at radius 3 is 2.62 bits per heavy atom. The van der Waals surface area contributed by atoms with E-state index in [1.54, 1.807) is 7.05 Å². The summed E-state index contributed by atoms with van der Waals surface area (Å²) in [4.78, 5) is 6.18. The Morgan fingerprint density at radius 2 is 1.91 bits per heavy atom. The van der Waals surface area contributed by atoms with E-state index < -0.39 is 0 Å². The van der Waals surface area contributed by atoms with Crippen LogP contribution >= 0.6 is 0 Å². The fourth-order valence-electron chi connectivity index (χ4n) is 4.08. The van der Waals surface area contributed by atoms with Gasteiger partial charge in [-0.2, -0.15) is 0 Å². The molecule has 0 amide bonds. The van der Waals surface area contributed by atoms with Crippen LogP contribution in [0.25, 0.3) is 11.4 Å². The van der Waals surface area contributed by atoms with Crippen molar-refractivity contribution in [3.05, 3.63) is 59.0 Å². The van der Waals surface area contributed by atoms with E-state index >= 15 is 0 Å². The standard InChI is InChI=1S/C24H33N9O/c1-16-9-7-8-12-20(16)33-30-24(29-31-33)27-15-21(32(3)26)23(25)19-13-14-22(17(2)28-19)34-18-10-5-4-6-11-18/h7-9,12-14,18H,4-6,10-11,15,25-26H2,1-3H3,(H,27,30)/b23-21-. The highest BCUT2D eigenvalue weighted by Gasteiger charge is 2.18. The maximum absolute atomic E-state index is 6.48. The summed E-state index contributed by atoms with van der Waals surface area (Å²) >= 11 is 0. The molecule has 180 valence electrons. The summed E-state index contributed by atoms with van der Waals surface area (Å²) in [7, 11) is 1.73. The van der Waals surface area contributed by atoms with Crippen molar-refractivity contribution in [1.82, 2.24) is 30.2 Å². The molecule has 1 aliphatic carbocycles. The summed E-state index contributed by atoms with van der Waals surface area (Å²) in [5.41, 5.74) is 11.0. The number of hydrogen-bond acceptors (Lipinski definition) is 9. The number of pyridine rings is 1. The molecule has 34 heavy (non-hydrogen) atoms. The first-order valence-electron chi connectivity index (χ1n) is 11.6. The number of para-hydroxylation sites is 1. The van der Waals surface area contributed by atoms with E-state index in [1.165, 1.54) is 29.1 Å². The zero-order valence-electron chi connectivity index (χ0n) is 20.0. The minimum Gasteiger partial charge on any atom is -0.489 e. The predicted molar refractivity (Wildman–Crippen MR) is 132 cm³/mol. The molecule has 10 nitrogen and oxygen atoms in total. The summed E-state index contributed by atoms with van der Waals surface area (Å²) in [6, 6.07) is 11.7. The van der Waals surface area contributed by atoms with Gasteiger partial charge in [0.25, 0.3) is 5.95 Å². The summed E-state index contributed by atoms with van der Waals surface area (Å²) < 4.78 is 6.19. The Kier molecular flexibility index (Phi) is 7.27. The van der Waals surface area contributed by atoms with Crippen molar-refractivity contribution in [2.75, 3.05) is 18.9 Å². The van der Waals surface area contributed by atoms with Crippen LogP contribution in [0.5, 0.6) is 5.75 Å². The number of benzene rings is 1. The van der Waals surface area contributed by atoms with Crippen molar-refractivity contribution < 1.29 is 4.74 Å². The number of nitrogens with one attached hydrogen (secondary N) is 1. The molecule has 2 aromatic heterocycles. The van der Waals surface area contributed by atoms with Crippen LogP contribution in [0.3, 0.4) is 0 Å². The summed E-state index contributed by atoms with van der Waals surface area (Å²) in [6.45, 7) is 4.24. The largest absolute Gasteiger partial charge is 0.489 e. The van der Waals surface area contributed by atoms with E-state index in [0.29, 0.717) is 29.6 Å². The van der Waals surface area contributed by atoms with E-state index in [1.807, 2.05) is 50.2 Å². The van der Waals surface area contributed by atoms with Crippen molar-refractivity contribution >= 4 is 11.6 Å². The monoisotopic (exact) mass is 463 g/mol. The summed E-state index contributed by atoms with van der Waals surface area (Å²) in [5, 5.41) is 17.3. The van der Waals surface area contributed by atoms with Crippen molar-refractivity contribution in [2.45, 2.75) is 52.1 Å². The van der Waals surface area contributed by atoms with Crippen LogP contribution in [0.4, 0.5) is 5.95 Å². The van der Waals surface area contributed by atoms with Gasteiger partial charge in [-0.3, -0.25) is 0 Å². The molecule has 0 unspecified atom stereocenters. The smallest absolute Gasteiger partial charge is 0.264 e. The summed E-state index contributed by atoms with van der Waals surface area (Å²) in [5.74, 6) is 7.27. The molecule has 5 N–H and O–H groups in total. The number of anilines is 1. The lowest BCUT2D eigenvalue weighted by atomic mass is 9.98. The molecular formula is C24H33N9O. The van der Waals surface area contributed by atoms with Crippen molar-refractivity contribution in [2.24, 2.45) is 11.6 Å². The molecule has 0 atom stereocenters. The van der Waals surface area contributed by atoms with Crippen LogP contribution in [0.1, 0.15) is 49.1 Å². The quantitative estimate of drug-likeness (QED) is 0.340. The first-order chi connectivity index (χ1) is 16.4. The van der Waals surface area contributed by atoms with E-state index in [9.17, 15) is 0 Å². The molecule has 2 heterocycles. The second kappa shape index (κ2) is 10.5. The van der Waals surface area contributed by atoms with Crippen molar-refractivity contribution in [3.8, 4) is 11.4 Å². The average molecular weight is 464 g/mol. The van der Waals surface area contributed by atoms with Crippen LogP contribution in [0.2, 0.25) is 0 Å². The molecule has 0 spiro atoms. The normalized spacial score (nSPS) is 15.1. The van der Waals surface area contributed by atoms with Gasteiger partial charge in [0.05, 0.1) is 41.1 Å². The number of likely N-dealkylation sites (N-methyl/N-ethyl adjacent to an activating group) is 1. The Morgan fingerprint density at radius 1 is 1.15 bits per heavy atom. The van der Waals surface area contributed by atoms with Gasteiger partial charge in [0.15, 0.2) is 0 Å².